The first-order chi connectivity index (χ1) is 39.0. The SMILES string of the molecule is CC(C)(C)OC(=O)N[C@@H](Cc1cc(F)cc(F)c1)C(O)c1ccccn1.CC(C)(C)OC(=O)N[C@H](C=O)Cc1cc(F)cc(F)c1.CCCN(CCC)C(=O)c1cc(C)cc(C(=O)N[C@@H](Cc2cc(F)cc(F)c2)[C@H](O)[C@H]2CCCCN2)c1. The number of halogens is 6. The van der Waals surface area contributed by atoms with Crippen LogP contribution in [0, 0.1) is 41.8 Å². The second kappa shape index (κ2) is 32.5. The van der Waals surface area contributed by atoms with Crippen LogP contribution in [0.5, 0.6) is 0 Å². The average Bonchev–Trinajstić information content (AvgIpc) is 3.58. The Kier molecular flexibility index (Phi) is 26.7. The minimum Gasteiger partial charge on any atom is -0.444 e. The van der Waals surface area contributed by atoms with Gasteiger partial charge in [-0.3, -0.25) is 14.6 Å². The average molecular weight is 1170 g/mol. The van der Waals surface area contributed by atoms with E-state index >= 15 is 0 Å². The van der Waals surface area contributed by atoms with Crippen molar-refractivity contribution in [2.75, 3.05) is 19.6 Å². The van der Waals surface area contributed by atoms with Crippen LogP contribution in [0.1, 0.15) is 142 Å². The number of aryl methyl sites for hydroxylation is 1. The highest BCUT2D eigenvalue weighted by Crippen LogP contribution is 2.23. The molecule has 6 atom stereocenters. The van der Waals surface area contributed by atoms with E-state index in [2.05, 4.69) is 26.3 Å². The molecule has 1 aliphatic heterocycles. The third-order valence-electron chi connectivity index (χ3n) is 12.4. The Morgan fingerprint density at radius 2 is 1.14 bits per heavy atom. The topological polar surface area (TPSA) is 209 Å². The molecule has 4 amide bonds. The molecule has 0 radical (unpaired) electrons. The molecule has 6 rings (SSSR count). The molecule has 2 heterocycles. The number of nitrogens with zero attached hydrogens (tertiary/aromatic N) is 2. The quantitative estimate of drug-likeness (QED) is 0.0319. The highest BCUT2D eigenvalue weighted by atomic mass is 19.2. The van der Waals surface area contributed by atoms with Crippen molar-refractivity contribution in [2.45, 2.75) is 161 Å². The third-order valence-corrected chi connectivity index (χ3v) is 12.4. The number of alkyl carbamates (subject to hydrolysis) is 2. The van der Waals surface area contributed by atoms with Crippen molar-refractivity contribution in [1.82, 2.24) is 31.2 Å². The number of nitrogens with one attached hydrogen (secondary N) is 4. The number of aliphatic hydroxyl groups excluding tert-OH is 2. The highest BCUT2D eigenvalue weighted by molar-refractivity contribution is 6.00. The predicted octanol–water partition coefficient (Wildman–Crippen LogP) is 10.5. The van der Waals surface area contributed by atoms with Gasteiger partial charge >= 0.3 is 12.2 Å². The standard InChI is InChI=1S/C29H39F2N3O3.C19H22F2N2O3.C14H17F2NO3/c1-4-10-34(11-5-2)29(37)22-13-19(3)12-21(17-22)28(36)33-26(27(35)25-8-6-7-9-32-25)16-20-14-23(30)18-24(31)15-20;1-19(2,3)26-18(25)23-16(17(24)15-6-4-5-7-22-15)10-12-8-13(20)11-14(21)9-12;1-14(2,3)20-13(19)17-12(8-18)6-9-4-10(15)7-11(16)5-9/h12-15,17-18,25-27,32,35H,4-11,16H2,1-3H3,(H,33,36);4-9,11,16-17,24H,10H2,1-3H3,(H,23,25);4-5,7-8,12H,6H2,1-3H3,(H,17,19)/t25-,26+,27-;16-,17?;12-/m100/s1. The molecule has 83 heavy (non-hydrogen) atoms. The number of ether oxygens (including phenoxy) is 2. The van der Waals surface area contributed by atoms with Gasteiger partial charge in [-0.25, -0.2) is 35.9 Å². The molecule has 452 valence electrons. The van der Waals surface area contributed by atoms with E-state index in [0.29, 0.717) is 47.3 Å². The first-order valence-corrected chi connectivity index (χ1v) is 27.6. The maximum atomic E-state index is 13.9. The van der Waals surface area contributed by atoms with Crippen molar-refractivity contribution < 1.29 is 70.0 Å². The molecule has 0 bridgehead atoms. The van der Waals surface area contributed by atoms with Crippen LogP contribution in [0.25, 0.3) is 0 Å². The molecule has 1 aliphatic rings. The summed E-state index contributed by atoms with van der Waals surface area (Å²) < 4.78 is 90.9. The molecule has 15 nitrogen and oxygen atoms in total. The largest absolute Gasteiger partial charge is 0.444 e. The zero-order valence-electron chi connectivity index (χ0n) is 48.5. The van der Waals surface area contributed by atoms with E-state index in [0.717, 1.165) is 86.7 Å². The normalized spacial score (nSPS) is 15.0. The number of aldehydes is 1. The molecule has 1 unspecified atom stereocenters. The summed E-state index contributed by atoms with van der Waals surface area (Å²) in [4.78, 5) is 67.0. The molecule has 0 spiro atoms. The lowest BCUT2D eigenvalue weighted by molar-refractivity contribution is -0.109. The Balaban J connectivity index is 0.000000282. The Bertz CT molecular complexity index is 2850. The first-order valence-electron chi connectivity index (χ1n) is 27.6. The van der Waals surface area contributed by atoms with Crippen molar-refractivity contribution >= 4 is 30.3 Å². The minimum atomic E-state index is -1.19. The van der Waals surface area contributed by atoms with Gasteiger partial charge in [0.1, 0.15) is 58.5 Å². The zero-order chi connectivity index (χ0) is 61.6. The van der Waals surface area contributed by atoms with Crippen molar-refractivity contribution in [2.24, 2.45) is 0 Å². The van der Waals surface area contributed by atoms with E-state index < -0.39 is 94.5 Å². The number of aliphatic hydroxyl groups is 2. The van der Waals surface area contributed by atoms with Crippen LogP contribution in [0.4, 0.5) is 35.9 Å². The molecule has 21 heteroatoms. The van der Waals surface area contributed by atoms with Gasteiger partial charge in [0.2, 0.25) is 0 Å². The predicted molar refractivity (Wildman–Crippen MR) is 302 cm³/mol. The second-order valence-electron chi connectivity index (χ2n) is 22.3. The van der Waals surface area contributed by atoms with Crippen molar-refractivity contribution in [1.29, 1.82) is 0 Å². The number of benzene rings is 4. The van der Waals surface area contributed by atoms with Gasteiger partial charge in [0.05, 0.1) is 29.9 Å². The van der Waals surface area contributed by atoms with Crippen molar-refractivity contribution in [3.63, 3.8) is 0 Å². The molecule has 4 aromatic carbocycles. The van der Waals surface area contributed by atoms with Crippen molar-refractivity contribution in [3.05, 3.63) is 171 Å². The summed E-state index contributed by atoms with van der Waals surface area (Å²) in [5.41, 5.74) is 1.31. The monoisotopic (exact) mass is 1160 g/mol. The highest BCUT2D eigenvalue weighted by Gasteiger charge is 2.32. The van der Waals surface area contributed by atoms with E-state index in [1.165, 1.54) is 18.3 Å². The van der Waals surface area contributed by atoms with Crippen LogP contribution < -0.4 is 21.3 Å². The van der Waals surface area contributed by atoms with Crippen LogP contribution in [0.3, 0.4) is 0 Å². The number of carbonyl (C=O) groups is 5. The van der Waals surface area contributed by atoms with Crippen LogP contribution in [0.15, 0.2) is 97.2 Å². The number of hydrogen-bond acceptors (Lipinski definition) is 11. The van der Waals surface area contributed by atoms with Gasteiger partial charge in [-0.05, 0) is 189 Å². The van der Waals surface area contributed by atoms with Gasteiger partial charge in [-0.15, -0.1) is 0 Å². The molecule has 1 aromatic heterocycles. The summed E-state index contributed by atoms with van der Waals surface area (Å²) in [5.74, 6) is -4.94. The third kappa shape index (κ3) is 24.6. The molecular weight excluding hydrogens is 1090 g/mol. The summed E-state index contributed by atoms with van der Waals surface area (Å²) in [6.45, 7) is 18.1. The van der Waals surface area contributed by atoms with Crippen molar-refractivity contribution in [3.8, 4) is 0 Å². The summed E-state index contributed by atoms with van der Waals surface area (Å²) in [6, 6.07) is 16.4. The fourth-order valence-corrected chi connectivity index (χ4v) is 9.03. The lowest BCUT2D eigenvalue weighted by Crippen LogP contribution is -2.55. The Morgan fingerprint density at radius 1 is 0.663 bits per heavy atom. The van der Waals surface area contributed by atoms with Gasteiger partial charge in [0.25, 0.3) is 11.8 Å². The summed E-state index contributed by atoms with van der Waals surface area (Å²) in [5, 5.41) is 32.9. The summed E-state index contributed by atoms with van der Waals surface area (Å²) in [6.07, 6.45) is 2.72. The number of rotatable bonds is 20. The van der Waals surface area contributed by atoms with Gasteiger partial charge in [-0.1, -0.05) is 26.3 Å². The molecule has 0 aliphatic carbocycles. The summed E-state index contributed by atoms with van der Waals surface area (Å²) >= 11 is 0. The first kappa shape index (κ1) is 68.1. The van der Waals surface area contributed by atoms with Crippen LogP contribution in [-0.2, 0) is 33.5 Å². The van der Waals surface area contributed by atoms with E-state index in [9.17, 15) is 60.5 Å². The second-order valence-corrected chi connectivity index (χ2v) is 22.3. The fraction of sp³-hybridized carbons (Fsp3) is 0.452. The molecule has 1 saturated heterocycles. The molecule has 5 aromatic rings. The van der Waals surface area contributed by atoms with E-state index in [-0.39, 0.29) is 36.8 Å². The molecular formula is C62H78F6N6O9. The summed E-state index contributed by atoms with van der Waals surface area (Å²) in [7, 11) is 0. The number of carbonyl (C=O) groups excluding carboxylic acids is 5. The smallest absolute Gasteiger partial charge is 0.408 e. The van der Waals surface area contributed by atoms with Gasteiger partial charge < -0.3 is 50.6 Å². The Labute approximate surface area is 482 Å². The lowest BCUT2D eigenvalue weighted by Gasteiger charge is -2.34. The molecule has 0 saturated carbocycles. The van der Waals surface area contributed by atoms with Crippen LogP contribution in [-0.4, -0.2) is 111 Å². The van der Waals surface area contributed by atoms with Gasteiger partial charge in [0.15, 0.2) is 0 Å². The van der Waals surface area contributed by atoms with Crippen LogP contribution >= 0.6 is 0 Å². The minimum absolute atomic E-state index is 0.00827. The Morgan fingerprint density at radius 3 is 1.59 bits per heavy atom. The molecule has 1 fully saturated rings. The number of piperidine rings is 1. The lowest BCUT2D eigenvalue weighted by atomic mass is 9.91. The van der Waals surface area contributed by atoms with E-state index in [4.69, 9.17) is 9.47 Å². The number of pyridine rings is 1. The fourth-order valence-electron chi connectivity index (χ4n) is 9.03. The number of aromatic nitrogens is 1. The van der Waals surface area contributed by atoms with Crippen LogP contribution in [0.2, 0.25) is 0 Å². The van der Waals surface area contributed by atoms with Gasteiger partial charge in [-0.2, -0.15) is 0 Å². The van der Waals surface area contributed by atoms with E-state index in [1.807, 2.05) is 20.8 Å². The number of amides is 4. The maximum Gasteiger partial charge on any atom is 0.408 e. The maximum absolute atomic E-state index is 13.9. The van der Waals surface area contributed by atoms with E-state index in [1.54, 1.807) is 82.8 Å². The van der Waals surface area contributed by atoms with Gasteiger partial charge in [0, 0.05) is 54.7 Å². The molecule has 6 N–H and O–H groups in total. The Hall–Kier alpha value is -7.36. The zero-order valence-corrected chi connectivity index (χ0v) is 48.5. The number of hydrogen-bond donors (Lipinski definition) is 6.